The van der Waals surface area contributed by atoms with Gasteiger partial charge >= 0.3 is 0 Å². The van der Waals surface area contributed by atoms with Crippen molar-refractivity contribution in [1.29, 1.82) is 0 Å². The minimum atomic E-state index is -0.159. The minimum Gasteiger partial charge on any atom is -0.376 e. The highest BCUT2D eigenvalue weighted by molar-refractivity contribution is 4.88. The molecule has 0 fully saturated rings. The molecule has 0 aliphatic rings. The topological polar surface area (TPSA) is 18.5 Å². The average Bonchev–Trinajstić information content (AvgIpc) is 2.22. The van der Waals surface area contributed by atoms with Gasteiger partial charge in [-0.3, -0.25) is 0 Å². The minimum absolute atomic E-state index is 0.0676. The highest BCUT2D eigenvalue weighted by atomic mass is 16.5. The van der Waals surface area contributed by atoms with Crippen LogP contribution < -0.4 is 0 Å². The molecule has 0 bridgehead atoms. The van der Waals surface area contributed by atoms with Crippen molar-refractivity contribution in [3.63, 3.8) is 0 Å². The molecule has 0 rings (SSSR count). The van der Waals surface area contributed by atoms with Crippen molar-refractivity contribution in [3.05, 3.63) is 0 Å². The third-order valence-electron chi connectivity index (χ3n) is 5.06. The molecule has 0 amide bonds. The second-order valence-corrected chi connectivity index (χ2v) is 9.68. The fourth-order valence-corrected chi connectivity index (χ4v) is 1.69. The summed E-state index contributed by atoms with van der Waals surface area (Å²) >= 11 is 0. The van der Waals surface area contributed by atoms with E-state index in [1.54, 1.807) is 0 Å². The van der Waals surface area contributed by atoms with Crippen molar-refractivity contribution in [2.75, 3.05) is 13.2 Å². The third kappa shape index (κ3) is 7.65. The van der Waals surface area contributed by atoms with Gasteiger partial charge in [-0.25, -0.2) is 0 Å². The first-order valence-electron chi connectivity index (χ1n) is 8.36. The van der Waals surface area contributed by atoms with E-state index in [0.29, 0.717) is 5.92 Å². The predicted octanol–water partition coefficient (Wildman–Crippen LogP) is 5.70. The summed E-state index contributed by atoms with van der Waals surface area (Å²) in [4.78, 5) is 0. The van der Waals surface area contributed by atoms with Crippen LogP contribution in [0, 0.1) is 16.7 Å². The van der Waals surface area contributed by atoms with Crippen LogP contribution in [0.3, 0.4) is 0 Å². The summed E-state index contributed by atoms with van der Waals surface area (Å²) < 4.78 is 12.2. The molecular weight excluding hydrogens is 260 g/mol. The number of hydrogen-bond acceptors (Lipinski definition) is 2. The molecule has 2 heteroatoms. The summed E-state index contributed by atoms with van der Waals surface area (Å²) in [7, 11) is 0. The van der Waals surface area contributed by atoms with Crippen LogP contribution in [-0.2, 0) is 9.47 Å². The molecular formula is C19H40O2. The van der Waals surface area contributed by atoms with Crippen molar-refractivity contribution in [2.45, 2.75) is 93.8 Å². The Bertz CT molecular complexity index is 303. The lowest BCUT2D eigenvalue weighted by Crippen LogP contribution is -2.44. The van der Waals surface area contributed by atoms with Crippen LogP contribution in [0.15, 0.2) is 0 Å². The quantitative estimate of drug-likeness (QED) is 0.601. The Morgan fingerprint density at radius 3 is 1.62 bits per heavy atom. The molecule has 0 aliphatic heterocycles. The standard InChI is InChI=1S/C19H40O2/c1-15(16(2,3)4)14-21-19(10,11)18(8,9)12-13-20-17(5,6)7/h15H,12-14H2,1-11H3. The van der Waals surface area contributed by atoms with E-state index in [1.807, 2.05) is 0 Å². The zero-order valence-electron chi connectivity index (χ0n) is 16.5. The summed E-state index contributed by atoms with van der Waals surface area (Å²) in [5, 5.41) is 0. The van der Waals surface area contributed by atoms with Crippen LogP contribution in [0.25, 0.3) is 0 Å². The second kappa shape index (κ2) is 7.00. The predicted molar refractivity (Wildman–Crippen MR) is 92.8 cm³/mol. The van der Waals surface area contributed by atoms with Crippen LogP contribution in [0.2, 0.25) is 0 Å². The molecule has 0 radical (unpaired) electrons. The number of ether oxygens (including phenoxy) is 2. The first kappa shape index (κ1) is 20.9. The molecule has 0 aromatic carbocycles. The maximum Gasteiger partial charge on any atom is 0.0678 e. The van der Waals surface area contributed by atoms with Crippen molar-refractivity contribution < 1.29 is 9.47 Å². The van der Waals surface area contributed by atoms with Gasteiger partial charge in [0.05, 0.1) is 17.8 Å². The van der Waals surface area contributed by atoms with Gasteiger partial charge in [-0.05, 0) is 57.8 Å². The van der Waals surface area contributed by atoms with E-state index in [-0.39, 0.29) is 22.0 Å². The number of rotatable bonds is 7. The molecule has 0 saturated carbocycles. The van der Waals surface area contributed by atoms with E-state index in [1.165, 1.54) is 0 Å². The monoisotopic (exact) mass is 300 g/mol. The summed E-state index contributed by atoms with van der Waals surface area (Å²) in [6.45, 7) is 26.0. The molecule has 0 heterocycles. The Morgan fingerprint density at radius 1 is 0.762 bits per heavy atom. The van der Waals surface area contributed by atoms with Gasteiger partial charge in [0.2, 0.25) is 0 Å². The molecule has 0 aliphatic carbocycles. The lowest BCUT2D eigenvalue weighted by molar-refractivity contribution is -0.129. The van der Waals surface area contributed by atoms with Crippen molar-refractivity contribution in [1.82, 2.24) is 0 Å². The zero-order chi connectivity index (χ0) is 17.1. The van der Waals surface area contributed by atoms with Crippen LogP contribution >= 0.6 is 0 Å². The highest BCUT2D eigenvalue weighted by Gasteiger charge is 2.38. The van der Waals surface area contributed by atoms with E-state index in [0.717, 1.165) is 19.6 Å². The van der Waals surface area contributed by atoms with E-state index in [9.17, 15) is 0 Å². The highest BCUT2D eigenvalue weighted by Crippen LogP contribution is 2.38. The van der Waals surface area contributed by atoms with Gasteiger partial charge < -0.3 is 9.47 Å². The molecule has 0 aromatic heterocycles. The Kier molecular flexibility index (Phi) is 6.97. The molecule has 0 saturated heterocycles. The van der Waals surface area contributed by atoms with Crippen LogP contribution in [-0.4, -0.2) is 24.4 Å². The SMILES string of the molecule is CC(COC(C)(C)C(C)(C)CCOC(C)(C)C)C(C)(C)C. The molecule has 1 unspecified atom stereocenters. The molecule has 2 nitrogen and oxygen atoms in total. The normalized spacial score (nSPS) is 16.1. The van der Waals surface area contributed by atoms with Gasteiger partial charge in [0.15, 0.2) is 0 Å². The summed E-state index contributed by atoms with van der Waals surface area (Å²) in [5.74, 6) is 0.540. The van der Waals surface area contributed by atoms with E-state index < -0.39 is 0 Å². The lowest BCUT2D eigenvalue weighted by Gasteiger charge is -2.43. The van der Waals surface area contributed by atoms with Gasteiger partial charge in [-0.1, -0.05) is 41.5 Å². The zero-order valence-corrected chi connectivity index (χ0v) is 16.5. The molecule has 128 valence electrons. The van der Waals surface area contributed by atoms with Gasteiger partial charge in [0.1, 0.15) is 0 Å². The first-order valence-corrected chi connectivity index (χ1v) is 8.36. The molecule has 0 spiro atoms. The van der Waals surface area contributed by atoms with Gasteiger partial charge in [-0.15, -0.1) is 0 Å². The smallest absolute Gasteiger partial charge is 0.0678 e. The van der Waals surface area contributed by atoms with Gasteiger partial charge in [0.25, 0.3) is 0 Å². The van der Waals surface area contributed by atoms with Gasteiger partial charge in [0, 0.05) is 6.61 Å². The van der Waals surface area contributed by atoms with Crippen molar-refractivity contribution in [2.24, 2.45) is 16.7 Å². The molecule has 1 atom stereocenters. The largest absolute Gasteiger partial charge is 0.376 e. The Labute approximate surface area is 134 Å². The second-order valence-electron chi connectivity index (χ2n) is 9.68. The summed E-state index contributed by atoms with van der Waals surface area (Å²) in [6.07, 6.45) is 1.00. The molecule has 0 N–H and O–H groups in total. The summed E-state index contributed by atoms with van der Waals surface area (Å²) in [5.41, 5.74) is 0.140. The van der Waals surface area contributed by atoms with Gasteiger partial charge in [-0.2, -0.15) is 0 Å². The van der Waals surface area contributed by atoms with Crippen LogP contribution in [0.5, 0.6) is 0 Å². The van der Waals surface area contributed by atoms with E-state index in [2.05, 4.69) is 76.2 Å². The van der Waals surface area contributed by atoms with Crippen molar-refractivity contribution in [3.8, 4) is 0 Å². The Morgan fingerprint density at radius 2 is 1.24 bits per heavy atom. The average molecular weight is 301 g/mol. The fraction of sp³-hybridized carbons (Fsp3) is 1.00. The number of hydrogen-bond donors (Lipinski definition) is 0. The molecule has 0 aromatic rings. The maximum absolute atomic E-state index is 6.31. The Hall–Kier alpha value is -0.0800. The van der Waals surface area contributed by atoms with E-state index in [4.69, 9.17) is 9.47 Å². The first-order chi connectivity index (χ1) is 9.08. The lowest BCUT2D eigenvalue weighted by atomic mass is 9.74. The fourth-order valence-electron chi connectivity index (χ4n) is 1.69. The van der Waals surface area contributed by atoms with Crippen LogP contribution in [0.4, 0.5) is 0 Å². The van der Waals surface area contributed by atoms with E-state index >= 15 is 0 Å². The third-order valence-corrected chi connectivity index (χ3v) is 5.06. The molecule has 21 heavy (non-hydrogen) atoms. The van der Waals surface area contributed by atoms with Crippen LogP contribution in [0.1, 0.15) is 82.6 Å². The van der Waals surface area contributed by atoms with Crippen molar-refractivity contribution >= 4 is 0 Å². The Balaban J connectivity index is 4.51. The summed E-state index contributed by atoms with van der Waals surface area (Å²) in [6, 6.07) is 0. The maximum atomic E-state index is 6.31.